The minimum atomic E-state index is -0.934. The summed E-state index contributed by atoms with van der Waals surface area (Å²) >= 11 is 0. The highest BCUT2D eigenvalue weighted by Crippen LogP contribution is 2.24. The summed E-state index contributed by atoms with van der Waals surface area (Å²) in [5, 5.41) is 12.6. The van der Waals surface area contributed by atoms with Gasteiger partial charge in [-0.3, -0.25) is 4.79 Å². The molecule has 0 atom stereocenters. The average molecular weight is 264 g/mol. The van der Waals surface area contributed by atoms with Crippen LogP contribution in [-0.2, 0) is 9.45 Å². The maximum Gasteiger partial charge on any atom is 0.311 e. The first kappa shape index (κ1) is 15.7. The third-order valence-electron chi connectivity index (χ3n) is 3.20. The Morgan fingerprint density at radius 1 is 1.37 bits per heavy atom. The lowest BCUT2D eigenvalue weighted by atomic mass is 9.83. The number of pyridine rings is 1. The molecule has 0 aliphatic rings. The molecule has 0 spiro atoms. The lowest BCUT2D eigenvalue weighted by Gasteiger charge is -2.37. The van der Waals surface area contributed by atoms with Crippen molar-refractivity contribution in [3.63, 3.8) is 0 Å². The zero-order valence-corrected chi connectivity index (χ0v) is 12.2. The molecule has 1 aromatic rings. The fraction of sp³-hybridized carbons (Fsp3) is 0.538. The first-order valence-corrected chi connectivity index (χ1v) is 6.21. The lowest BCUT2D eigenvalue weighted by Crippen LogP contribution is -2.49. The number of carbonyl (C=O) groups excluding carboxylic acids is 1. The van der Waals surface area contributed by atoms with Gasteiger partial charge in [-0.05, 0) is 39.2 Å². The van der Waals surface area contributed by atoms with Crippen LogP contribution in [0.5, 0.6) is 0 Å². The highest BCUT2D eigenvalue weighted by atomic mass is 16.5. The van der Waals surface area contributed by atoms with Crippen molar-refractivity contribution >= 4 is 24.7 Å². The monoisotopic (exact) mass is 264 g/mol. The van der Waals surface area contributed by atoms with Crippen molar-refractivity contribution < 1.29 is 14.6 Å². The number of anilines is 1. The molecule has 2 N–H and O–H groups in total. The molecule has 0 aliphatic carbocycles. The van der Waals surface area contributed by atoms with Crippen LogP contribution >= 0.6 is 0 Å². The smallest absolute Gasteiger partial charge is 0.311 e. The number of amides is 1. The number of aliphatic hydroxyl groups is 1. The Morgan fingerprint density at radius 3 is 2.42 bits per heavy atom. The van der Waals surface area contributed by atoms with E-state index in [1.807, 2.05) is 19.9 Å². The molecule has 0 unspecified atom stereocenters. The zero-order chi connectivity index (χ0) is 14.7. The second-order valence-electron chi connectivity index (χ2n) is 5.59. The van der Waals surface area contributed by atoms with Crippen LogP contribution in [0.4, 0.5) is 5.82 Å². The van der Waals surface area contributed by atoms with Gasteiger partial charge < -0.3 is 15.1 Å². The minimum absolute atomic E-state index is 0.153. The molecule has 19 heavy (non-hydrogen) atoms. The molecule has 1 rings (SSSR count). The SMILES string of the molecule is CC(=O)Nc1ccc(BOC(C)(C)C(C)(C)O)cn1. The van der Waals surface area contributed by atoms with E-state index < -0.39 is 11.2 Å². The number of carbonyl (C=O) groups is 1. The van der Waals surface area contributed by atoms with Crippen LogP contribution in [0.1, 0.15) is 34.6 Å². The summed E-state index contributed by atoms with van der Waals surface area (Å²) in [6, 6.07) is 3.55. The van der Waals surface area contributed by atoms with Crippen molar-refractivity contribution in [1.82, 2.24) is 4.98 Å². The molecule has 0 radical (unpaired) electrons. The second-order valence-corrected chi connectivity index (χ2v) is 5.59. The Balaban J connectivity index is 2.62. The van der Waals surface area contributed by atoms with Crippen molar-refractivity contribution in [2.75, 3.05) is 5.32 Å². The molecule has 0 bridgehead atoms. The van der Waals surface area contributed by atoms with Gasteiger partial charge in [0, 0.05) is 13.1 Å². The summed E-state index contributed by atoms with van der Waals surface area (Å²) in [7, 11) is 0.352. The fourth-order valence-electron chi connectivity index (χ4n) is 1.20. The lowest BCUT2D eigenvalue weighted by molar-refractivity contribution is -0.114. The molecule has 6 heteroatoms. The largest absolute Gasteiger partial charge is 0.427 e. The van der Waals surface area contributed by atoms with Crippen molar-refractivity contribution in [3.8, 4) is 0 Å². The van der Waals surface area contributed by atoms with Gasteiger partial charge in [-0.2, -0.15) is 0 Å². The molecule has 0 fully saturated rings. The molecule has 0 aromatic carbocycles. The van der Waals surface area contributed by atoms with Gasteiger partial charge in [0.2, 0.25) is 5.91 Å². The van der Waals surface area contributed by atoms with Crippen LogP contribution in [0.3, 0.4) is 0 Å². The van der Waals surface area contributed by atoms with Crippen molar-refractivity contribution in [3.05, 3.63) is 18.3 Å². The molecule has 5 nitrogen and oxygen atoms in total. The summed E-state index contributed by atoms with van der Waals surface area (Å²) < 4.78 is 5.72. The number of hydrogen-bond acceptors (Lipinski definition) is 4. The quantitative estimate of drug-likeness (QED) is 0.763. The third-order valence-corrected chi connectivity index (χ3v) is 3.20. The predicted molar refractivity (Wildman–Crippen MR) is 76.8 cm³/mol. The summed E-state index contributed by atoms with van der Waals surface area (Å²) in [4.78, 5) is 15.0. The van der Waals surface area contributed by atoms with Gasteiger partial charge in [0.15, 0.2) is 0 Å². The van der Waals surface area contributed by atoms with Gasteiger partial charge in [0.05, 0.1) is 11.2 Å². The topological polar surface area (TPSA) is 71.5 Å². The zero-order valence-electron chi connectivity index (χ0n) is 12.2. The second kappa shape index (κ2) is 5.71. The predicted octanol–water partition coefficient (Wildman–Crippen LogP) is 0.583. The van der Waals surface area contributed by atoms with Gasteiger partial charge >= 0.3 is 7.48 Å². The highest BCUT2D eigenvalue weighted by molar-refractivity contribution is 6.46. The Bertz CT molecular complexity index is 438. The van der Waals surface area contributed by atoms with Crippen molar-refractivity contribution in [1.29, 1.82) is 0 Å². The Hall–Kier alpha value is -1.40. The molecule has 104 valence electrons. The van der Waals surface area contributed by atoms with Gasteiger partial charge in [0.25, 0.3) is 0 Å². The van der Waals surface area contributed by atoms with E-state index in [-0.39, 0.29) is 5.91 Å². The van der Waals surface area contributed by atoms with Crippen molar-refractivity contribution in [2.45, 2.75) is 45.8 Å². The number of rotatable bonds is 5. The first-order chi connectivity index (χ1) is 8.62. The number of nitrogens with one attached hydrogen (secondary N) is 1. The molecule has 1 amide bonds. The van der Waals surface area contributed by atoms with Crippen LogP contribution in [-0.4, -0.2) is 34.7 Å². The molecular weight excluding hydrogens is 243 g/mol. The van der Waals surface area contributed by atoms with Crippen LogP contribution in [0, 0.1) is 0 Å². The third kappa shape index (κ3) is 4.65. The van der Waals surface area contributed by atoms with E-state index in [4.69, 9.17) is 4.65 Å². The maximum atomic E-state index is 10.9. The Kier molecular flexibility index (Phi) is 4.71. The van der Waals surface area contributed by atoms with Gasteiger partial charge in [-0.25, -0.2) is 4.98 Å². The summed E-state index contributed by atoms with van der Waals surface area (Å²) in [6.07, 6.45) is 1.64. The van der Waals surface area contributed by atoms with Crippen LogP contribution in [0.2, 0.25) is 0 Å². The van der Waals surface area contributed by atoms with Crippen molar-refractivity contribution in [2.24, 2.45) is 0 Å². The van der Waals surface area contributed by atoms with E-state index >= 15 is 0 Å². The molecular formula is C13H21BN2O3. The van der Waals surface area contributed by atoms with Gasteiger partial charge in [0.1, 0.15) is 5.82 Å². The number of hydrogen-bond donors (Lipinski definition) is 2. The van der Waals surface area contributed by atoms with Crippen LogP contribution in [0.25, 0.3) is 0 Å². The summed E-state index contributed by atoms with van der Waals surface area (Å²) in [5.74, 6) is 0.359. The number of nitrogens with zero attached hydrogens (tertiary/aromatic N) is 1. The molecule has 0 aliphatic heterocycles. The maximum absolute atomic E-state index is 10.9. The molecule has 1 heterocycles. The van der Waals surface area contributed by atoms with Crippen LogP contribution < -0.4 is 10.8 Å². The van der Waals surface area contributed by atoms with E-state index in [0.717, 1.165) is 5.46 Å². The fourth-order valence-corrected chi connectivity index (χ4v) is 1.20. The van der Waals surface area contributed by atoms with Crippen LogP contribution in [0.15, 0.2) is 18.3 Å². The molecule has 1 aromatic heterocycles. The van der Waals surface area contributed by atoms with Gasteiger partial charge in [-0.1, -0.05) is 6.07 Å². The number of aromatic nitrogens is 1. The van der Waals surface area contributed by atoms with Gasteiger partial charge in [-0.15, -0.1) is 0 Å². The van der Waals surface area contributed by atoms with E-state index in [0.29, 0.717) is 13.3 Å². The van der Waals surface area contributed by atoms with E-state index in [9.17, 15) is 9.90 Å². The average Bonchev–Trinajstić information content (AvgIpc) is 2.26. The standard InChI is InChI=1S/C13H21BN2O3/c1-9(17)16-11-7-6-10(8-15-11)14-19-13(4,5)12(2,3)18/h6-8,14,18H,1-5H3,(H,15,16,17). The molecule has 0 saturated carbocycles. The highest BCUT2D eigenvalue weighted by Gasteiger charge is 2.35. The Morgan fingerprint density at radius 2 is 2.00 bits per heavy atom. The van der Waals surface area contributed by atoms with E-state index in [2.05, 4.69) is 10.3 Å². The molecule has 0 saturated heterocycles. The first-order valence-electron chi connectivity index (χ1n) is 6.21. The minimum Gasteiger partial charge on any atom is -0.427 e. The Labute approximate surface area is 114 Å². The van der Waals surface area contributed by atoms with E-state index in [1.165, 1.54) is 6.92 Å². The summed E-state index contributed by atoms with van der Waals surface area (Å²) in [5.41, 5.74) is -0.716. The van der Waals surface area contributed by atoms with E-state index in [1.54, 1.807) is 26.1 Å². The summed E-state index contributed by atoms with van der Waals surface area (Å²) in [6.45, 7) is 8.54. The normalized spacial score (nSPS) is 12.1.